The first-order valence-electron chi connectivity index (χ1n) is 7.25. The Morgan fingerprint density at radius 3 is 2.48 bits per heavy atom. The van der Waals surface area contributed by atoms with Gasteiger partial charge in [-0.1, -0.05) is 18.2 Å². The maximum atomic E-state index is 12.1. The van der Waals surface area contributed by atoms with E-state index < -0.39 is 0 Å². The highest BCUT2D eigenvalue weighted by Crippen LogP contribution is 2.26. The second-order valence-corrected chi connectivity index (χ2v) is 6.29. The third-order valence-corrected chi connectivity index (χ3v) is 4.14. The summed E-state index contributed by atoms with van der Waals surface area (Å²) < 4.78 is 5.39. The molecule has 114 valence electrons. The molecular weight excluding hydrogens is 284 g/mol. The lowest BCUT2D eigenvalue weighted by Crippen LogP contribution is -2.54. The fraction of sp³-hybridized carbons (Fsp3) is 0.500. The van der Waals surface area contributed by atoms with Crippen molar-refractivity contribution in [2.45, 2.75) is 32.2 Å². The molecule has 0 saturated carbocycles. The van der Waals surface area contributed by atoms with Crippen LogP contribution < -0.4 is 10.6 Å². The first kappa shape index (κ1) is 15.9. The topological polar surface area (TPSA) is 50.4 Å². The van der Waals surface area contributed by atoms with E-state index in [0.717, 1.165) is 26.1 Å². The summed E-state index contributed by atoms with van der Waals surface area (Å²) >= 11 is 5.27. The van der Waals surface area contributed by atoms with E-state index in [1.165, 1.54) is 0 Å². The molecule has 0 unspecified atom stereocenters. The predicted octanol–water partition coefficient (Wildman–Crippen LogP) is 2.50. The Morgan fingerprint density at radius 1 is 1.24 bits per heavy atom. The zero-order valence-electron chi connectivity index (χ0n) is 12.5. The van der Waals surface area contributed by atoms with Crippen LogP contribution in [0.4, 0.5) is 0 Å². The molecule has 0 spiro atoms. The molecule has 1 saturated heterocycles. The summed E-state index contributed by atoms with van der Waals surface area (Å²) in [5.41, 5.74) is 0.440. The fourth-order valence-electron chi connectivity index (χ4n) is 2.61. The number of amides is 1. The van der Waals surface area contributed by atoms with Gasteiger partial charge in [-0.05, 0) is 57.0 Å². The van der Waals surface area contributed by atoms with Crippen molar-refractivity contribution in [3.63, 3.8) is 0 Å². The number of rotatable bonds is 3. The van der Waals surface area contributed by atoms with Crippen molar-refractivity contribution < 1.29 is 9.53 Å². The van der Waals surface area contributed by atoms with Gasteiger partial charge in [-0.15, -0.1) is 0 Å². The summed E-state index contributed by atoms with van der Waals surface area (Å²) in [5, 5.41) is 6.39. The van der Waals surface area contributed by atoms with Gasteiger partial charge in [0, 0.05) is 24.3 Å². The van der Waals surface area contributed by atoms with Crippen LogP contribution in [0.25, 0.3) is 0 Å². The van der Waals surface area contributed by atoms with E-state index in [2.05, 4.69) is 24.5 Å². The third-order valence-electron chi connectivity index (χ3n) is 3.94. The highest BCUT2D eigenvalue weighted by atomic mass is 32.1. The van der Waals surface area contributed by atoms with Crippen molar-refractivity contribution in [2.75, 3.05) is 13.2 Å². The highest BCUT2D eigenvalue weighted by molar-refractivity contribution is 7.80. The zero-order valence-corrected chi connectivity index (χ0v) is 13.3. The lowest BCUT2D eigenvalue weighted by atomic mass is 9.82. The van der Waals surface area contributed by atoms with E-state index in [1.54, 1.807) is 12.1 Å². The lowest BCUT2D eigenvalue weighted by molar-refractivity contribution is 0.0412. The predicted molar refractivity (Wildman–Crippen MR) is 87.3 cm³/mol. The lowest BCUT2D eigenvalue weighted by Gasteiger charge is -2.38. The molecule has 0 atom stereocenters. The molecule has 0 radical (unpaired) electrons. The quantitative estimate of drug-likeness (QED) is 0.843. The van der Waals surface area contributed by atoms with Gasteiger partial charge in [0.1, 0.15) is 0 Å². The van der Waals surface area contributed by atoms with Crippen LogP contribution in [-0.4, -0.2) is 29.8 Å². The van der Waals surface area contributed by atoms with Gasteiger partial charge in [0.15, 0.2) is 5.11 Å². The number of benzene rings is 1. The van der Waals surface area contributed by atoms with E-state index in [4.69, 9.17) is 17.0 Å². The average molecular weight is 306 g/mol. The van der Waals surface area contributed by atoms with Gasteiger partial charge in [-0.3, -0.25) is 10.1 Å². The molecule has 1 amide bonds. The Morgan fingerprint density at radius 2 is 1.86 bits per heavy atom. The maximum absolute atomic E-state index is 12.1. The van der Waals surface area contributed by atoms with Gasteiger partial charge in [0.05, 0.1) is 0 Å². The Bertz CT molecular complexity index is 496. The molecule has 1 aromatic rings. The van der Waals surface area contributed by atoms with E-state index in [1.807, 2.05) is 18.2 Å². The van der Waals surface area contributed by atoms with Gasteiger partial charge in [-0.25, -0.2) is 0 Å². The monoisotopic (exact) mass is 306 g/mol. The summed E-state index contributed by atoms with van der Waals surface area (Å²) in [4.78, 5) is 12.1. The molecule has 2 N–H and O–H groups in total. The SMILES string of the molecule is CC(C)(NC(=S)NC(=O)c1ccccc1)C1CCOCC1. The molecule has 1 aliphatic rings. The molecule has 1 aliphatic heterocycles. The van der Waals surface area contributed by atoms with Crippen molar-refractivity contribution in [2.24, 2.45) is 5.92 Å². The van der Waals surface area contributed by atoms with Crippen LogP contribution in [0.1, 0.15) is 37.0 Å². The number of carbonyl (C=O) groups excluding carboxylic acids is 1. The Hall–Kier alpha value is -1.46. The van der Waals surface area contributed by atoms with Crippen molar-refractivity contribution >= 4 is 23.2 Å². The summed E-state index contributed by atoms with van der Waals surface area (Å²) in [7, 11) is 0. The summed E-state index contributed by atoms with van der Waals surface area (Å²) in [6.07, 6.45) is 2.02. The minimum Gasteiger partial charge on any atom is -0.381 e. The Balaban J connectivity index is 1.90. The first-order valence-corrected chi connectivity index (χ1v) is 7.66. The van der Waals surface area contributed by atoms with Gasteiger partial charge < -0.3 is 10.1 Å². The first-order chi connectivity index (χ1) is 9.99. The zero-order chi connectivity index (χ0) is 15.3. The minimum atomic E-state index is -0.184. The van der Waals surface area contributed by atoms with Gasteiger partial charge in [0.2, 0.25) is 0 Å². The van der Waals surface area contributed by atoms with Crippen molar-refractivity contribution in [3.05, 3.63) is 35.9 Å². The summed E-state index contributed by atoms with van der Waals surface area (Å²) in [6, 6.07) is 9.07. The second kappa shape index (κ2) is 7.00. The molecule has 0 bridgehead atoms. The van der Waals surface area contributed by atoms with E-state index in [0.29, 0.717) is 16.6 Å². The molecule has 2 rings (SSSR count). The molecule has 5 heteroatoms. The molecule has 4 nitrogen and oxygen atoms in total. The van der Waals surface area contributed by atoms with Crippen molar-refractivity contribution in [3.8, 4) is 0 Å². The third kappa shape index (κ3) is 4.51. The number of hydrogen-bond donors (Lipinski definition) is 2. The van der Waals surface area contributed by atoms with E-state index in [-0.39, 0.29) is 11.4 Å². The molecular formula is C16H22N2O2S. The van der Waals surface area contributed by atoms with Crippen LogP contribution in [0.5, 0.6) is 0 Å². The van der Waals surface area contributed by atoms with E-state index >= 15 is 0 Å². The molecule has 1 aromatic carbocycles. The summed E-state index contributed by atoms with van der Waals surface area (Å²) in [6.45, 7) is 5.81. The number of hydrogen-bond acceptors (Lipinski definition) is 3. The molecule has 0 aromatic heterocycles. The van der Waals surface area contributed by atoms with E-state index in [9.17, 15) is 4.79 Å². The normalized spacial score (nSPS) is 16.3. The van der Waals surface area contributed by atoms with Crippen LogP contribution >= 0.6 is 12.2 Å². The van der Waals surface area contributed by atoms with Gasteiger partial charge in [0.25, 0.3) is 5.91 Å². The average Bonchev–Trinajstić information content (AvgIpc) is 2.48. The molecule has 0 aliphatic carbocycles. The Kier molecular flexibility index (Phi) is 5.31. The van der Waals surface area contributed by atoms with Crippen LogP contribution in [0.2, 0.25) is 0 Å². The molecule has 1 heterocycles. The van der Waals surface area contributed by atoms with Crippen LogP contribution in [0, 0.1) is 5.92 Å². The van der Waals surface area contributed by atoms with Crippen LogP contribution in [0.3, 0.4) is 0 Å². The van der Waals surface area contributed by atoms with Gasteiger partial charge >= 0.3 is 0 Å². The number of ether oxygens (including phenoxy) is 1. The van der Waals surface area contributed by atoms with Crippen molar-refractivity contribution in [1.29, 1.82) is 0 Å². The Labute approximate surface area is 131 Å². The van der Waals surface area contributed by atoms with Crippen LogP contribution in [-0.2, 0) is 4.74 Å². The smallest absolute Gasteiger partial charge is 0.257 e. The summed E-state index contributed by atoms with van der Waals surface area (Å²) in [5.74, 6) is 0.300. The fourth-order valence-corrected chi connectivity index (χ4v) is 2.97. The highest BCUT2D eigenvalue weighted by Gasteiger charge is 2.31. The van der Waals surface area contributed by atoms with Gasteiger partial charge in [-0.2, -0.15) is 0 Å². The number of carbonyl (C=O) groups is 1. The van der Waals surface area contributed by atoms with Crippen molar-refractivity contribution in [1.82, 2.24) is 10.6 Å². The molecule has 1 fully saturated rings. The number of thiocarbonyl (C=S) groups is 1. The molecule has 21 heavy (non-hydrogen) atoms. The number of nitrogens with one attached hydrogen (secondary N) is 2. The van der Waals surface area contributed by atoms with Crippen LogP contribution in [0.15, 0.2) is 30.3 Å². The minimum absolute atomic E-state index is 0.162. The maximum Gasteiger partial charge on any atom is 0.257 e. The second-order valence-electron chi connectivity index (χ2n) is 5.88. The standard InChI is InChI=1S/C16H22N2O2S/c1-16(2,13-8-10-20-11-9-13)18-15(21)17-14(19)12-6-4-3-5-7-12/h3-7,13H,8-11H2,1-2H3,(H2,17,18,19,21). The largest absolute Gasteiger partial charge is 0.381 e.